The number of nitrogens with one attached hydrogen (secondary N) is 1. The van der Waals surface area contributed by atoms with E-state index in [-0.39, 0.29) is 11.3 Å². The molecule has 0 atom stereocenters. The Morgan fingerprint density at radius 3 is 1.91 bits per heavy atom. The molecule has 0 spiro atoms. The Morgan fingerprint density at radius 2 is 1.38 bits per heavy atom. The number of rotatable bonds is 9. The number of hydrogen-bond donors (Lipinski definition) is 1. The lowest BCUT2D eigenvalue weighted by molar-refractivity contribution is 0.0935. The summed E-state index contributed by atoms with van der Waals surface area (Å²) in [5.41, 5.74) is 1.45. The Morgan fingerprint density at radius 1 is 0.781 bits per heavy atom. The van der Waals surface area contributed by atoms with Crippen LogP contribution in [0.2, 0.25) is 0 Å². The van der Waals surface area contributed by atoms with E-state index in [9.17, 15) is 4.79 Å². The van der Waals surface area contributed by atoms with Gasteiger partial charge in [0.1, 0.15) is 0 Å². The SMILES string of the molecule is COc1ccc(C2(CNC(=O)c3cc(OC)c(OC)c(OC)c3)CCCCC2)cc1OC. The van der Waals surface area contributed by atoms with E-state index in [1.165, 1.54) is 27.8 Å². The van der Waals surface area contributed by atoms with Gasteiger partial charge in [0.15, 0.2) is 23.0 Å². The third-order valence-corrected chi connectivity index (χ3v) is 6.32. The van der Waals surface area contributed by atoms with Crippen molar-refractivity contribution in [2.45, 2.75) is 37.5 Å². The standard InChI is InChI=1S/C25H33NO6/c1-28-19-10-9-18(15-20(19)29-2)25(11-7-6-8-12-25)16-26-24(27)17-13-21(30-3)23(32-5)22(14-17)31-4/h9-10,13-15H,6-8,11-12,16H2,1-5H3,(H,26,27). The summed E-state index contributed by atoms with van der Waals surface area (Å²) in [4.78, 5) is 13.1. The van der Waals surface area contributed by atoms with Gasteiger partial charge in [-0.15, -0.1) is 0 Å². The van der Waals surface area contributed by atoms with Gasteiger partial charge in [0.25, 0.3) is 5.91 Å². The molecule has 0 saturated heterocycles. The van der Waals surface area contributed by atoms with Gasteiger partial charge in [-0.2, -0.15) is 0 Å². The summed E-state index contributed by atoms with van der Waals surface area (Å²) in [6, 6.07) is 9.39. The van der Waals surface area contributed by atoms with Gasteiger partial charge in [0.2, 0.25) is 5.75 Å². The van der Waals surface area contributed by atoms with Crippen molar-refractivity contribution in [3.63, 3.8) is 0 Å². The van der Waals surface area contributed by atoms with Gasteiger partial charge in [-0.25, -0.2) is 0 Å². The molecule has 7 heteroatoms. The smallest absolute Gasteiger partial charge is 0.251 e. The third-order valence-electron chi connectivity index (χ3n) is 6.32. The van der Waals surface area contributed by atoms with E-state index in [0.717, 1.165) is 31.2 Å². The van der Waals surface area contributed by atoms with Crippen LogP contribution >= 0.6 is 0 Å². The minimum Gasteiger partial charge on any atom is -0.493 e. The molecule has 7 nitrogen and oxygen atoms in total. The van der Waals surface area contributed by atoms with E-state index in [1.807, 2.05) is 12.1 Å². The highest BCUT2D eigenvalue weighted by molar-refractivity contribution is 5.95. The number of methoxy groups -OCH3 is 5. The van der Waals surface area contributed by atoms with Crippen LogP contribution in [0.5, 0.6) is 28.7 Å². The minimum absolute atomic E-state index is 0.159. The second-order valence-corrected chi connectivity index (χ2v) is 8.01. The Hall–Kier alpha value is -3.09. The average Bonchev–Trinajstić information content (AvgIpc) is 2.86. The largest absolute Gasteiger partial charge is 0.493 e. The van der Waals surface area contributed by atoms with Crippen LogP contribution in [0, 0.1) is 0 Å². The van der Waals surface area contributed by atoms with Crippen molar-refractivity contribution in [1.29, 1.82) is 0 Å². The van der Waals surface area contributed by atoms with Crippen molar-refractivity contribution in [2.24, 2.45) is 0 Å². The highest BCUT2D eigenvalue weighted by atomic mass is 16.5. The molecule has 2 aromatic rings. The zero-order valence-electron chi connectivity index (χ0n) is 19.6. The first-order valence-corrected chi connectivity index (χ1v) is 10.8. The highest BCUT2D eigenvalue weighted by Crippen LogP contribution is 2.42. The van der Waals surface area contributed by atoms with E-state index in [2.05, 4.69) is 11.4 Å². The summed E-state index contributed by atoms with van der Waals surface area (Å²) in [5.74, 6) is 2.57. The molecule has 0 heterocycles. The van der Waals surface area contributed by atoms with Crippen molar-refractivity contribution < 1.29 is 28.5 Å². The second kappa shape index (κ2) is 10.5. The number of carbonyl (C=O) groups is 1. The molecule has 0 aromatic heterocycles. The Labute approximate surface area is 190 Å². The summed E-state index contributed by atoms with van der Waals surface area (Å²) in [6.45, 7) is 0.526. The maximum absolute atomic E-state index is 13.1. The zero-order valence-corrected chi connectivity index (χ0v) is 19.6. The molecular formula is C25H33NO6. The molecular weight excluding hydrogens is 410 g/mol. The van der Waals surface area contributed by atoms with Crippen molar-refractivity contribution in [3.8, 4) is 28.7 Å². The van der Waals surface area contributed by atoms with E-state index in [4.69, 9.17) is 23.7 Å². The van der Waals surface area contributed by atoms with Gasteiger partial charge in [-0.3, -0.25) is 4.79 Å². The molecule has 1 saturated carbocycles. The van der Waals surface area contributed by atoms with Crippen LogP contribution in [-0.2, 0) is 5.41 Å². The van der Waals surface area contributed by atoms with E-state index >= 15 is 0 Å². The summed E-state index contributed by atoms with van der Waals surface area (Å²) >= 11 is 0. The average molecular weight is 444 g/mol. The van der Waals surface area contributed by atoms with Gasteiger partial charge in [0, 0.05) is 17.5 Å². The number of carbonyl (C=O) groups excluding carboxylic acids is 1. The van der Waals surface area contributed by atoms with Crippen LogP contribution < -0.4 is 29.0 Å². The molecule has 0 unspecified atom stereocenters. The Bertz CT molecular complexity index is 911. The molecule has 0 radical (unpaired) electrons. The molecule has 174 valence electrons. The first-order valence-electron chi connectivity index (χ1n) is 10.8. The molecule has 3 rings (SSSR count). The van der Waals surface area contributed by atoms with Crippen LogP contribution in [0.1, 0.15) is 48.0 Å². The molecule has 0 bridgehead atoms. The molecule has 0 aliphatic heterocycles. The summed E-state index contributed by atoms with van der Waals surface area (Å²) in [5, 5.41) is 3.15. The maximum atomic E-state index is 13.1. The van der Waals surface area contributed by atoms with Crippen molar-refractivity contribution in [3.05, 3.63) is 41.5 Å². The fraction of sp³-hybridized carbons (Fsp3) is 0.480. The van der Waals surface area contributed by atoms with Crippen molar-refractivity contribution in [2.75, 3.05) is 42.1 Å². The van der Waals surface area contributed by atoms with Gasteiger partial charge >= 0.3 is 0 Å². The molecule has 1 fully saturated rings. The van der Waals surface area contributed by atoms with Crippen LogP contribution in [-0.4, -0.2) is 48.0 Å². The molecule has 32 heavy (non-hydrogen) atoms. The normalized spacial score (nSPS) is 14.9. The first kappa shape index (κ1) is 23.6. The van der Waals surface area contributed by atoms with Gasteiger partial charge < -0.3 is 29.0 Å². The molecule has 1 aliphatic rings. The van der Waals surface area contributed by atoms with Crippen molar-refractivity contribution >= 4 is 5.91 Å². The predicted molar refractivity (Wildman–Crippen MR) is 123 cm³/mol. The monoisotopic (exact) mass is 443 g/mol. The second-order valence-electron chi connectivity index (χ2n) is 8.01. The zero-order chi connectivity index (χ0) is 23.1. The summed E-state index contributed by atoms with van der Waals surface area (Å²) < 4.78 is 27.1. The minimum atomic E-state index is -0.185. The van der Waals surface area contributed by atoms with Gasteiger partial charge in [-0.05, 0) is 42.7 Å². The maximum Gasteiger partial charge on any atom is 0.251 e. The lowest BCUT2D eigenvalue weighted by Crippen LogP contribution is -2.42. The number of amides is 1. The summed E-state index contributed by atoms with van der Waals surface area (Å²) in [6.07, 6.45) is 5.44. The van der Waals surface area contributed by atoms with Crippen LogP contribution in [0.3, 0.4) is 0 Å². The predicted octanol–water partition coefficient (Wildman–Crippen LogP) is 4.36. The van der Waals surface area contributed by atoms with Crippen LogP contribution in [0.25, 0.3) is 0 Å². The van der Waals surface area contributed by atoms with Crippen molar-refractivity contribution in [1.82, 2.24) is 5.32 Å². The van der Waals surface area contributed by atoms with E-state index in [0.29, 0.717) is 40.9 Å². The number of ether oxygens (including phenoxy) is 5. The third kappa shape index (κ3) is 4.71. The lowest BCUT2D eigenvalue weighted by atomic mass is 9.69. The Balaban J connectivity index is 1.87. The van der Waals surface area contributed by atoms with Gasteiger partial charge in [-0.1, -0.05) is 25.3 Å². The quantitative estimate of drug-likeness (QED) is 0.621. The van der Waals surface area contributed by atoms with Crippen LogP contribution in [0.15, 0.2) is 30.3 Å². The van der Waals surface area contributed by atoms with E-state index < -0.39 is 0 Å². The fourth-order valence-electron chi connectivity index (χ4n) is 4.53. The molecule has 1 amide bonds. The van der Waals surface area contributed by atoms with Gasteiger partial charge in [0.05, 0.1) is 35.5 Å². The molecule has 1 N–H and O–H groups in total. The summed E-state index contributed by atoms with van der Waals surface area (Å²) in [7, 11) is 7.88. The molecule has 1 aliphatic carbocycles. The van der Waals surface area contributed by atoms with E-state index in [1.54, 1.807) is 26.4 Å². The highest BCUT2D eigenvalue weighted by Gasteiger charge is 2.35. The number of hydrogen-bond acceptors (Lipinski definition) is 6. The topological polar surface area (TPSA) is 75.3 Å². The fourth-order valence-corrected chi connectivity index (χ4v) is 4.53. The molecule has 2 aromatic carbocycles. The number of benzene rings is 2. The van der Waals surface area contributed by atoms with Crippen LogP contribution in [0.4, 0.5) is 0 Å². The Kier molecular flexibility index (Phi) is 7.72. The lowest BCUT2D eigenvalue weighted by Gasteiger charge is -2.38. The first-order chi connectivity index (χ1) is 15.5.